The fourth-order valence-electron chi connectivity index (χ4n) is 2.26. The molecule has 1 aliphatic heterocycles. The van der Waals surface area contributed by atoms with Gasteiger partial charge < -0.3 is 9.47 Å². The van der Waals surface area contributed by atoms with Crippen LogP contribution in [-0.4, -0.2) is 49.6 Å². The Bertz CT molecular complexity index is 464. The Kier molecular flexibility index (Phi) is 5.09. The van der Waals surface area contributed by atoms with Gasteiger partial charge in [-0.2, -0.15) is 0 Å². The Balaban J connectivity index is 1.97. The van der Waals surface area contributed by atoms with E-state index in [1.165, 1.54) is 18.2 Å². The van der Waals surface area contributed by atoms with Crippen LogP contribution in [0.5, 0.6) is 5.75 Å². The van der Waals surface area contributed by atoms with E-state index >= 15 is 0 Å². The van der Waals surface area contributed by atoms with Crippen molar-refractivity contribution in [1.82, 2.24) is 4.90 Å². The van der Waals surface area contributed by atoms with Gasteiger partial charge in [0, 0.05) is 19.1 Å². The third-order valence-corrected chi connectivity index (χ3v) is 3.44. The first-order valence-electron chi connectivity index (χ1n) is 6.84. The van der Waals surface area contributed by atoms with E-state index in [1.807, 2.05) is 0 Å². The van der Waals surface area contributed by atoms with Crippen molar-refractivity contribution in [3.8, 4) is 5.75 Å². The van der Waals surface area contributed by atoms with E-state index in [4.69, 9.17) is 9.47 Å². The van der Waals surface area contributed by atoms with E-state index < -0.39 is 5.82 Å². The SMILES string of the molecule is CC(C)N1CCOC(COc2c(F)cccc2C=O)C1. The molecule has 0 spiro atoms. The Morgan fingerprint density at radius 3 is 3.05 bits per heavy atom. The zero-order chi connectivity index (χ0) is 14.5. The molecular weight excluding hydrogens is 261 g/mol. The molecule has 0 aliphatic carbocycles. The monoisotopic (exact) mass is 281 g/mol. The summed E-state index contributed by atoms with van der Waals surface area (Å²) in [4.78, 5) is 13.2. The van der Waals surface area contributed by atoms with E-state index in [0.717, 1.165) is 13.1 Å². The summed E-state index contributed by atoms with van der Waals surface area (Å²) in [5.74, 6) is -0.515. The Hall–Kier alpha value is -1.46. The predicted molar refractivity (Wildman–Crippen MR) is 73.7 cm³/mol. The summed E-state index contributed by atoms with van der Waals surface area (Å²) in [6.07, 6.45) is 0.492. The molecule has 1 unspecified atom stereocenters. The summed E-state index contributed by atoms with van der Waals surface area (Å²) >= 11 is 0. The number of para-hydroxylation sites is 1. The van der Waals surface area contributed by atoms with Gasteiger partial charge in [-0.1, -0.05) is 6.07 Å². The van der Waals surface area contributed by atoms with Crippen LogP contribution in [-0.2, 0) is 4.74 Å². The van der Waals surface area contributed by atoms with E-state index in [1.54, 1.807) is 0 Å². The van der Waals surface area contributed by atoms with Crippen molar-refractivity contribution in [1.29, 1.82) is 0 Å². The van der Waals surface area contributed by atoms with Gasteiger partial charge in [-0.25, -0.2) is 4.39 Å². The molecule has 0 amide bonds. The largest absolute Gasteiger partial charge is 0.487 e. The maximum Gasteiger partial charge on any atom is 0.165 e. The molecule has 5 heteroatoms. The summed E-state index contributed by atoms with van der Waals surface area (Å²) in [5.41, 5.74) is 0.224. The number of benzene rings is 1. The summed E-state index contributed by atoms with van der Waals surface area (Å²) in [5, 5.41) is 0. The lowest BCUT2D eigenvalue weighted by Gasteiger charge is -2.35. The van der Waals surface area contributed by atoms with Gasteiger partial charge in [0.15, 0.2) is 17.9 Å². The van der Waals surface area contributed by atoms with Crippen LogP contribution >= 0.6 is 0 Å². The lowest BCUT2D eigenvalue weighted by molar-refractivity contribution is -0.0569. The molecule has 20 heavy (non-hydrogen) atoms. The number of carbonyl (C=O) groups excluding carboxylic acids is 1. The van der Waals surface area contributed by atoms with Crippen LogP contribution in [0.3, 0.4) is 0 Å². The molecule has 1 atom stereocenters. The summed E-state index contributed by atoms with van der Waals surface area (Å²) in [6.45, 7) is 6.79. The number of hydrogen-bond acceptors (Lipinski definition) is 4. The highest BCUT2D eigenvalue weighted by molar-refractivity contribution is 5.79. The minimum absolute atomic E-state index is 0.00719. The quantitative estimate of drug-likeness (QED) is 0.775. The average molecular weight is 281 g/mol. The molecule has 1 aromatic carbocycles. The standard InChI is InChI=1S/C15H20FNO3/c1-11(2)17-6-7-19-13(8-17)10-20-15-12(9-18)4-3-5-14(15)16/h3-5,9,11,13H,6-8,10H2,1-2H3. The normalized spacial score (nSPS) is 20.1. The average Bonchev–Trinajstić information content (AvgIpc) is 2.46. The number of nitrogens with zero attached hydrogens (tertiary/aromatic N) is 1. The van der Waals surface area contributed by atoms with Crippen LogP contribution in [0.25, 0.3) is 0 Å². The maximum atomic E-state index is 13.7. The summed E-state index contributed by atoms with van der Waals surface area (Å²) in [7, 11) is 0. The summed E-state index contributed by atoms with van der Waals surface area (Å²) < 4.78 is 24.7. The van der Waals surface area contributed by atoms with Crippen molar-refractivity contribution < 1.29 is 18.7 Å². The second-order valence-corrected chi connectivity index (χ2v) is 5.17. The zero-order valence-corrected chi connectivity index (χ0v) is 11.8. The molecular formula is C15H20FNO3. The lowest BCUT2D eigenvalue weighted by atomic mass is 10.2. The molecule has 1 aromatic rings. The van der Waals surface area contributed by atoms with Crippen molar-refractivity contribution in [2.75, 3.05) is 26.3 Å². The van der Waals surface area contributed by atoms with Crippen LogP contribution in [0.1, 0.15) is 24.2 Å². The van der Waals surface area contributed by atoms with Crippen molar-refractivity contribution >= 4 is 6.29 Å². The third-order valence-electron chi connectivity index (χ3n) is 3.44. The number of rotatable bonds is 5. The molecule has 0 N–H and O–H groups in total. The second-order valence-electron chi connectivity index (χ2n) is 5.17. The minimum Gasteiger partial charge on any atom is -0.487 e. The first-order valence-corrected chi connectivity index (χ1v) is 6.84. The van der Waals surface area contributed by atoms with Gasteiger partial charge in [-0.05, 0) is 26.0 Å². The van der Waals surface area contributed by atoms with E-state index in [0.29, 0.717) is 18.9 Å². The number of halogens is 1. The predicted octanol–water partition coefficient (Wildman–Crippen LogP) is 2.13. The Morgan fingerprint density at radius 2 is 2.35 bits per heavy atom. The van der Waals surface area contributed by atoms with Crippen molar-refractivity contribution in [3.63, 3.8) is 0 Å². The van der Waals surface area contributed by atoms with Crippen LogP contribution in [0.2, 0.25) is 0 Å². The molecule has 1 aliphatic rings. The van der Waals surface area contributed by atoms with Gasteiger partial charge in [0.1, 0.15) is 12.7 Å². The van der Waals surface area contributed by atoms with Gasteiger partial charge in [0.2, 0.25) is 0 Å². The zero-order valence-electron chi connectivity index (χ0n) is 11.8. The van der Waals surface area contributed by atoms with E-state index in [9.17, 15) is 9.18 Å². The van der Waals surface area contributed by atoms with Crippen molar-refractivity contribution in [2.24, 2.45) is 0 Å². The molecule has 0 saturated carbocycles. The minimum atomic E-state index is -0.522. The highest BCUT2D eigenvalue weighted by Gasteiger charge is 2.23. The fraction of sp³-hybridized carbons (Fsp3) is 0.533. The van der Waals surface area contributed by atoms with E-state index in [-0.39, 0.29) is 24.0 Å². The highest BCUT2D eigenvalue weighted by atomic mass is 19.1. The summed E-state index contributed by atoms with van der Waals surface area (Å²) in [6, 6.07) is 4.75. The fourth-order valence-corrected chi connectivity index (χ4v) is 2.26. The topological polar surface area (TPSA) is 38.8 Å². The molecule has 4 nitrogen and oxygen atoms in total. The smallest absolute Gasteiger partial charge is 0.165 e. The van der Waals surface area contributed by atoms with Gasteiger partial charge in [-0.3, -0.25) is 9.69 Å². The van der Waals surface area contributed by atoms with Crippen LogP contribution in [0.4, 0.5) is 4.39 Å². The molecule has 0 bridgehead atoms. The molecule has 110 valence electrons. The highest BCUT2D eigenvalue weighted by Crippen LogP contribution is 2.22. The van der Waals surface area contributed by atoms with Crippen LogP contribution in [0.15, 0.2) is 18.2 Å². The van der Waals surface area contributed by atoms with Gasteiger partial charge >= 0.3 is 0 Å². The molecule has 1 saturated heterocycles. The van der Waals surface area contributed by atoms with Gasteiger partial charge in [0.05, 0.1) is 12.2 Å². The number of morpholine rings is 1. The first kappa shape index (κ1) is 14.9. The van der Waals surface area contributed by atoms with Crippen molar-refractivity contribution in [2.45, 2.75) is 26.0 Å². The molecule has 1 heterocycles. The van der Waals surface area contributed by atoms with E-state index in [2.05, 4.69) is 18.7 Å². The molecule has 0 aromatic heterocycles. The number of hydrogen-bond donors (Lipinski definition) is 0. The number of ether oxygens (including phenoxy) is 2. The number of carbonyl (C=O) groups is 1. The molecule has 1 fully saturated rings. The first-order chi connectivity index (χ1) is 9.61. The van der Waals surface area contributed by atoms with Gasteiger partial charge in [-0.15, -0.1) is 0 Å². The second kappa shape index (κ2) is 6.81. The maximum absolute atomic E-state index is 13.7. The lowest BCUT2D eigenvalue weighted by Crippen LogP contribution is -2.47. The Morgan fingerprint density at radius 1 is 1.55 bits per heavy atom. The molecule has 2 rings (SSSR count). The number of aldehydes is 1. The Labute approximate surface area is 118 Å². The van der Waals surface area contributed by atoms with Crippen LogP contribution in [0, 0.1) is 5.82 Å². The van der Waals surface area contributed by atoms with Crippen LogP contribution < -0.4 is 4.74 Å². The van der Waals surface area contributed by atoms with Gasteiger partial charge in [0.25, 0.3) is 0 Å². The molecule has 0 radical (unpaired) electrons. The van der Waals surface area contributed by atoms with Crippen molar-refractivity contribution in [3.05, 3.63) is 29.6 Å². The third kappa shape index (κ3) is 3.55.